The van der Waals surface area contributed by atoms with E-state index in [2.05, 4.69) is 4.84 Å². The van der Waals surface area contributed by atoms with E-state index in [0.717, 1.165) is 0 Å². The molecule has 2 aromatic rings. The summed E-state index contributed by atoms with van der Waals surface area (Å²) in [7, 11) is 0. The molecule has 0 unspecified atom stereocenters. The second-order valence-electron chi connectivity index (χ2n) is 3.68. The van der Waals surface area contributed by atoms with Crippen LogP contribution in [-0.4, -0.2) is 11.8 Å². The van der Waals surface area contributed by atoms with Gasteiger partial charge in [0.25, 0.3) is 0 Å². The van der Waals surface area contributed by atoms with Crippen LogP contribution in [0.3, 0.4) is 0 Å². The van der Waals surface area contributed by atoms with Gasteiger partial charge < -0.3 is 4.84 Å². The first-order chi connectivity index (χ1) is 8.72. The fourth-order valence-electron chi connectivity index (χ4n) is 1.61. The number of benzene rings is 2. The molecule has 0 radical (unpaired) electrons. The molecule has 90 valence electrons. The Kier molecular flexibility index (Phi) is 5.55. The molecule has 0 bridgehead atoms. The molecule has 0 aliphatic rings. The van der Waals surface area contributed by atoms with Crippen LogP contribution in [0.5, 0.6) is 0 Å². The number of carbonyl (C=O) groups excluding carboxylic acids is 2. The van der Waals surface area contributed by atoms with Gasteiger partial charge in [-0.05, 0) is 12.1 Å². The summed E-state index contributed by atoms with van der Waals surface area (Å²) in [6, 6.07) is 15.1. The van der Waals surface area contributed by atoms with Gasteiger partial charge in [0.2, 0.25) is 0 Å². The first-order valence-electron chi connectivity index (χ1n) is 5.33. The van der Waals surface area contributed by atoms with Crippen molar-refractivity contribution in [1.29, 1.82) is 0 Å². The van der Waals surface area contributed by atoms with E-state index < -0.39 is 5.97 Å². The number of rotatable bonds is 3. The van der Waals surface area contributed by atoms with Crippen molar-refractivity contribution in [2.24, 2.45) is 5.90 Å². The van der Waals surface area contributed by atoms with Gasteiger partial charge in [-0.1, -0.05) is 42.5 Å². The molecular formula is C14H11NO3Zn+2. The van der Waals surface area contributed by atoms with Gasteiger partial charge in [-0.3, -0.25) is 4.79 Å². The maximum atomic E-state index is 12.1. The van der Waals surface area contributed by atoms with E-state index in [9.17, 15) is 9.59 Å². The molecule has 5 heteroatoms. The van der Waals surface area contributed by atoms with E-state index in [1.165, 1.54) is 12.1 Å². The second kappa shape index (κ2) is 6.93. The Bertz CT molecular complexity index is 584. The molecule has 0 amide bonds. The van der Waals surface area contributed by atoms with Crippen molar-refractivity contribution >= 4 is 11.8 Å². The summed E-state index contributed by atoms with van der Waals surface area (Å²) in [5.74, 6) is 3.99. The summed E-state index contributed by atoms with van der Waals surface area (Å²) < 4.78 is 0. The predicted octanol–water partition coefficient (Wildman–Crippen LogP) is 1.95. The van der Waals surface area contributed by atoms with Crippen molar-refractivity contribution < 1.29 is 33.9 Å². The summed E-state index contributed by atoms with van der Waals surface area (Å²) in [4.78, 5) is 27.5. The standard InChI is InChI=1S/C14H11NO3.Zn/c15-18-14(17)12-8-4-7-11(9-12)13(16)10-5-2-1-3-6-10;/h1-9H,15H2;/q;+2. The molecule has 2 aromatic carbocycles. The Labute approximate surface area is 123 Å². The maximum absolute atomic E-state index is 12.1. The molecule has 0 saturated heterocycles. The van der Waals surface area contributed by atoms with Gasteiger partial charge in [0.05, 0.1) is 5.56 Å². The van der Waals surface area contributed by atoms with Gasteiger partial charge in [-0.15, -0.1) is 0 Å². The zero-order valence-corrected chi connectivity index (χ0v) is 13.2. The molecule has 19 heavy (non-hydrogen) atoms. The van der Waals surface area contributed by atoms with Gasteiger partial charge in [0.1, 0.15) is 0 Å². The van der Waals surface area contributed by atoms with Crippen molar-refractivity contribution in [2.45, 2.75) is 0 Å². The Morgan fingerprint density at radius 3 is 2.05 bits per heavy atom. The summed E-state index contributed by atoms with van der Waals surface area (Å²) in [6.07, 6.45) is 0. The molecule has 4 nitrogen and oxygen atoms in total. The van der Waals surface area contributed by atoms with E-state index in [1.807, 2.05) is 6.07 Å². The van der Waals surface area contributed by atoms with Gasteiger partial charge in [-0.2, -0.15) is 5.90 Å². The zero-order valence-electron chi connectivity index (χ0n) is 10.2. The average molecular weight is 307 g/mol. The third-order valence-corrected chi connectivity index (χ3v) is 2.50. The molecule has 0 heterocycles. The molecule has 0 fully saturated rings. The van der Waals surface area contributed by atoms with Gasteiger partial charge in [-0.25, -0.2) is 4.79 Å². The third kappa shape index (κ3) is 3.56. The fourth-order valence-corrected chi connectivity index (χ4v) is 1.61. The summed E-state index contributed by atoms with van der Waals surface area (Å²) in [6.45, 7) is 0. The topological polar surface area (TPSA) is 69.4 Å². The molecule has 0 aliphatic carbocycles. The van der Waals surface area contributed by atoms with Crippen LogP contribution in [0.4, 0.5) is 0 Å². The Morgan fingerprint density at radius 1 is 0.842 bits per heavy atom. The summed E-state index contributed by atoms with van der Waals surface area (Å²) in [5, 5.41) is 0. The second-order valence-corrected chi connectivity index (χ2v) is 3.68. The molecule has 0 aromatic heterocycles. The maximum Gasteiger partial charge on any atom is 2.00 e. The SMILES string of the molecule is NOC(=O)c1cccc(C(=O)c2ccccc2)c1.[Zn+2]. The number of nitrogens with two attached hydrogens (primary N) is 1. The van der Waals surface area contributed by atoms with Crippen LogP contribution in [0.1, 0.15) is 26.3 Å². The van der Waals surface area contributed by atoms with E-state index >= 15 is 0 Å². The minimum atomic E-state index is -0.669. The number of hydrogen-bond donors (Lipinski definition) is 1. The Hall–Kier alpha value is -1.84. The summed E-state index contributed by atoms with van der Waals surface area (Å²) >= 11 is 0. The minimum absolute atomic E-state index is 0. The monoisotopic (exact) mass is 305 g/mol. The van der Waals surface area contributed by atoms with E-state index in [0.29, 0.717) is 11.1 Å². The number of ketones is 1. The first-order valence-corrected chi connectivity index (χ1v) is 5.33. The molecule has 0 spiro atoms. The van der Waals surface area contributed by atoms with E-state index in [-0.39, 0.29) is 30.8 Å². The first kappa shape index (κ1) is 15.2. The van der Waals surface area contributed by atoms with Crippen LogP contribution in [0.2, 0.25) is 0 Å². The van der Waals surface area contributed by atoms with Crippen LogP contribution in [0.15, 0.2) is 54.6 Å². The molecule has 2 N–H and O–H groups in total. The van der Waals surface area contributed by atoms with Gasteiger partial charge >= 0.3 is 25.4 Å². The van der Waals surface area contributed by atoms with Crippen molar-refractivity contribution in [3.05, 3.63) is 71.3 Å². The van der Waals surface area contributed by atoms with E-state index in [4.69, 9.17) is 5.90 Å². The van der Waals surface area contributed by atoms with Gasteiger partial charge in [0.15, 0.2) is 5.78 Å². The van der Waals surface area contributed by atoms with Crippen molar-refractivity contribution in [3.63, 3.8) is 0 Å². The average Bonchev–Trinajstić information content (AvgIpc) is 2.46. The molecular weight excluding hydrogens is 296 g/mol. The molecule has 0 aliphatic heterocycles. The van der Waals surface area contributed by atoms with E-state index in [1.54, 1.807) is 36.4 Å². The fraction of sp³-hybridized carbons (Fsp3) is 0. The third-order valence-electron chi connectivity index (χ3n) is 2.50. The van der Waals surface area contributed by atoms with Crippen molar-refractivity contribution in [1.82, 2.24) is 0 Å². The quantitative estimate of drug-likeness (QED) is 0.534. The van der Waals surface area contributed by atoms with Crippen molar-refractivity contribution in [2.75, 3.05) is 0 Å². The van der Waals surface area contributed by atoms with Crippen LogP contribution in [-0.2, 0) is 24.3 Å². The largest absolute Gasteiger partial charge is 2.00 e. The van der Waals surface area contributed by atoms with Gasteiger partial charge in [0, 0.05) is 11.1 Å². The molecule has 2 rings (SSSR count). The van der Waals surface area contributed by atoms with Crippen LogP contribution in [0.25, 0.3) is 0 Å². The number of carbonyl (C=O) groups is 2. The summed E-state index contributed by atoms with van der Waals surface area (Å²) in [5.41, 5.74) is 1.24. The normalized spacial score (nSPS) is 9.32. The Balaban J connectivity index is 0.00000180. The van der Waals surface area contributed by atoms with Crippen molar-refractivity contribution in [3.8, 4) is 0 Å². The molecule has 0 saturated carbocycles. The predicted molar refractivity (Wildman–Crippen MR) is 65.9 cm³/mol. The smallest absolute Gasteiger partial charge is 0.370 e. The van der Waals surface area contributed by atoms with Crippen LogP contribution < -0.4 is 5.90 Å². The minimum Gasteiger partial charge on any atom is -0.370 e. The van der Waals surface area contributed by atoms with Crippen LogP contribution in [0, 0.1) is 0 Å². The Morgan fingerprint density at radius 2 is 1.42 bits per heavy atom. The zero-order chi connectivity index (χ0) is 13.0. The van der Waals surface area contributed by atoms with Crippen LogP contribution >= 0.6 is 0 Å². The number of hydrogen-bond acceptors (Lipinski definition) is 4. The molecule has 0 atom stereocenters.